The lowest BCUT2D eigenvalue weighted by Crippen LogP contribution is -2.32. The highest BCUT2D eigenvalue weighted by Gasteiger charge is 2.15. The van der Waals surface area contributed by atoms with Gasteiger partial charge in [-0.1, -0.05) is 31.2 Å². The molecule has 0 amide bonds. The minimum absolute atomic E-state index is 0.696. The Labute approximate surface area is 111 Å². The van der Waals surface area contributed by atoms with Crippen LogP contribution in [-0.2, 0) is 13.0 Å². The Morgan fingerprint density at radius 2 is 2.06 bits per heavy atom. The summed E-state index contributed by atoms with van der Waals surface area (Å²) in [5.74, 6) is 0. The number of nitrogens with zero attached hydrogens (tertiary/aromatic N) is 1. The van der Waals surface area contributed by atoms with Gasteiger partial charge in [-0.05, 0) is 50.4 Å². The third-order valence-electron chi connectivity index (χ3n) is 4.14. The predicted octanol–water partition coefficient (Wildman–Crippen LogP) is 2.82. The topological polar surface area (TPSA) is 15.3 Å². The molecule has 0 bridgehead atoms. The smallest absolute Gasteiger partial charge is 0.0236 e. The second kappa shape index (κ2) is 6.91. The molecule has 1 atom stereocenters. The van der Waals surface area contributed by atoms with Crippen molar-refractivity contribution in [3.8, 4) is 0 Å². The first-order valence-corrected chi connectivity index (χ1v) is 7.30. The van der Waals surface area contributed by atoms with Crippen LogP contribution in [0, 0.1) is 0 Å². The Balaban J connectivity index is 1.76. The summed E-state index contributed by atoms with van der Waals surface area (Å²) in [6, 6.07) is 9.58. The van der Waals surface area contributed by atoms with Crippen molar-refractivity contribution in [2.24, 2.45) is 0 Å². The maximum atomic E-state index is 3.39. The van der Waals surface area contributed by atoms with Crippen LogP contribution >= 0.6 is 0 Å². The lowest BCUT2D eigenvalue weighted by molar-refractivity contribution is 0.244. The second-order valence-corrected chi connectivity index (χ2v) is 5.33. The quantitative estimate of drug-likeness (QED) is 0.830. The molecule has 2 nitrogen and oxygen atoms in total. The molecule has 1 heterocycles. The normalized spacial score (nSPS) is 17.4. The number of hydrogen-bond donors (Lipinski definition) is 1. The molecule has 1 aromatic rings. The van der Waals surface area contributed by atoms with E-state index >= 15 is 0 Å². The molecule has 0 fully saturated rings. The van der Waals surface area contributed by atoms with E-state index in [1.54, 1.807) is 5.56 Å². The van der Waals surface area contributed by atoms with Crippen LogP contribution in [0.2, 0.25) is 0 Å². The molecule has 2 heteroatoms. The Kier molecular flexibility index (Phi) is 5.21. The molecule has 18 heavy (non-hydrogen) atoms. The molecular weight excluding hydrogens is 220 g/mol. The molecule has 0 saturated carbocycles. The van der Waals surface area contributed by atoms with Crippen molar-refractivity contribution in [3.05, 3.63) is 35.4 Å². The lowest BCUT2D eigenvalue weighted by Gasteiger charge is -2.29. The maximum Gasteiger partial charge on any atom is 0.0236 e. The zero-order chi connectivity index (χ0) is 12.8. The third-order valence-corrected chi connectivity index (χ3v) is 4.14. The molecule has 1 unspecified atom stereocenters. The van der Waals surface area contributed by atoms with Gasteiger partial charge >= 0.3 is 0 Å². The highest BCUT2D eigenvalue weighted by molar-refractivity contribution is 5.28. The van der Waals surface area contributed by atoms with Gasteiger partial charge in [-0.3, -0.25) is 4.90 Å². The Hall–Kier alpha value is -0.860. The number of rotatable bonds is 6. The minimum atomic E-state index is 0.696. The molecule has 100 valence electrons. The van der Waals surface area contributed by atoms with Crippen molar-refractivity contribution in [2.75, 3.05) is 20.1 Å². The van der Waals surface area contributed by atoms with Crippen LogP contribution in [-0.4, -0.2) is 31.1 Å². The summed E-state index contributed by atoms with van der Waals surface area (Å²) < 4.78 is 0. The van der Waals surface area contributed by atoms with Gasteiger partial charge in [0.1, 0.15) is 0 Å². The Morgan fingerprint density at radius 1 is 1.28 bits per heavy atom. The van der Waals surface area contributed by atoms with Gasteiger partial charge in [-0.25, -0.2) is 0 Å². The van der Waals surface area contributed by atoms with E-state index in [-0.39, 0.29) is 0 Å². The van der Waals surface area contributed by atoms with Crippen molar-refractivity contribution in [1.29, 1.82) is 0 Å². The zero-order valence-corrected chi connectivity index (χ0v) is 11.8. The van der Waals surface area contributed by atoms with E-state index in [0.29, 0.717) is 6.04 Å². The van der Waals surface area contributed by atoms with Crippen molar-refractivity contribution in [2.45, 2.75) is 45.2 Å². The zero-order valence-electron chi connectivity index (χ0n) is 11.8. The van der Waals surface area contributed by atoms with Gasteiger partial charge in [0.15, 0.2) is 0 Å². The fourth-order valence-electron chi connectivity index (χ4n) is 2.86. The van der Waals surface area contributed by atoms with E-state index in [1.807, 2.05) is 0 Å². The van der Waals surface area contributed by atoms with Crippen molar-refractivity contribution >= 4 is 0 Å². The highest BCUT2D eigenvalue weighted by Crippen LogP contribution is 2.18. The van der Waals surface area contributed by atoms with Gasteiger partial charge in [-0.2, -0.15) is 0 Å². The monoisotopic (exact) mass is 246 g/mol. The van der Waals surface area contributed by atoms with Crippen LogP contribution in [0.4, 0.5) is 0 Å². The fraction of sp³-hybridized carbons (Fsp3) is 0.625. The van der Waals surface area contributed by atoms with Crippen LogP contribution < -0.4 is 5.32 Å². The average molecular weight is 246 g/mol. The first-order chi connectivity index (χ1) is 8.83. The van der Waals surface area contributed by atoms with Crippen LogP contribution in [0.5, 0.6) is 0 Å². The summed E-state index contributed by atoms with van der Waals surface area (Å²) in [6.45, 7) is 5.88. The van der Waals surface area contributed by atoms with E-state index in [0.717, 1.165) is 6.54 Å². The second-order valence-electron chi connectivity index (χ2n) is 5.33. The summed E-state index contributed by atoms with van der Waals surface area (Å²) in [5.41, 5.74) is 3.08. The SMILES string of the molecule is CCC(CCCN1CCc2ccccc2C1)NC. The first-order valence-electron chi connectivity index (χ1n) is 7.30. The van der Waals surface area contributed by atoms with Gasteiger partial charge in [-0.15, -0.1) is 0 Å². The van der Waals surface area contributed by atoms with Gasteiger partial charge in [0.25, 0.3) is 0 Å². The van der Waals surface area contributed by atoms with E-state index in [9.17, 15) is 0 Å². The van der Waals surface area contributed by atoms with Crippen LogP contribution in [0.25, 0.3) is 0 Å². The summed E-state index contributed by atoms with van der Waals surface area (Å²) in [7, 11) is 2.07. The fourth-order valence-corrected chi connectivity index (χ4v) is 2.86. The van der Waals surface area contributed by atoms with Crippen molar-refractivity contribution in [3.63, 3.8) is 0 Å². The van der Waals surface area contributed by atoms with E-state index in [4.69, 9.17) is 0 Å². The van der Waals surface area contributed by atoms with Gasteiger partial charge in [0.2, 0.25) is 0 Å². The van der Waals surface area contributed by atoms with Crippen LogP contribution in [0.3, 0.4) is 0 Å². The highest BCUT2D eigenvalue weighted by atomic mass is 15.1. The molecule has 1 N–H and O–H groups in total. The summed E-state index contributed by atoms with van der Waals surface area (Å²) >= 11 is 0. The standard InChI is InChI=1S/C16H26N2/c1-3-16(17-2)9-6-11-18-12-10-14-7-4-5-8-15(14)13-18/h4-5,7-8,16-17H,3,6,9-13H2,1-2H3. The van der Waals surface area contributed by atoms with Gasteiger partial charge < -0.3 is 5.32 Å². The molecule has 0 radical (unpaired) electrons. The first kappa shape index (κ1) is 13.6. The summed E-state index contributed by atoms with van der Waals surface area (Å²) in [6.07, 6.45) is 5.06. The maximum absolute atomic E-state index is 3.39. The molecular formula is C16H26N2. The number of fused-ring (bicyclic) bond motifs is 1. The number of hydrogen-bond acceptors (Lipinski definition) is 2. The molecule has 0 spiro atoms. The molecule has 0 aromatic heterocycles. The van der Waals surface area contributed by atoms with E-state index < -0.39 is 0 Å². The Morgan fingerprint density at radius 3 is 2.78 bits per heavy atom. The molecule has 1 aliphatic rings. The van der Waals surface area contributed by atoms with E-state index in [2.05, 4.69) is 48.5 Å². The minimum Gasteiger partial charge on any atom is -0.317 e. The van der Waals surface area contributed by atoms with E-state index in [1.165, 1.54) is 44.3 Å². The third kappa shape index (κ3) is 3.56. The van der Waals surface area contributed by atoms with Crippen LogP contribution in [0.1, 0.15) is 37.3 Å². The van der Waals surface area contributed by atoms with Crippen molar-refractivity contribution in [1.82, 2.24) is 10.2 Å². The molecule has 1 aliphatic heterocycles. The molecule has 0 saturated heterocycles. The van der Waals surface area contributed by atoms with Crippen molar-refractivity contribution < 1.29 is 0 Å². The summed E-state index contributed by atoms with van der Waals surface area (Å²) in [4.78, 5) is 2.60. The molecule has 0 aliphatic carbocycles. The number of nitrogens with one attached hydrogen (secondary N) is 1. The molecule has 1 aromatic carbocycles. The average Bonchev–Trinajstić information content (AvgIpc) is 2.43. The predicted molar refractivity (Wildman–Crippen MR) is 77.8 cm³/mol. The van der Waals surface area contributed by atoms with Crippen LogP contribution in [0.15, 0.2) is 24.3 Å². The number of benzene rings is 1. The molecule has 2 rings (SSSR count). The van der Waals surface area contributed by atoms with Gasteiger partial charge in [0.05, 0.1) is 0 Å². The summed E-state index contributed by atoms with van der Waals surface area (Å²) in [5, 5.41) is 3.39. The largest absolute Gasteiger partial charge is 0.317 e. The Bertz CT molecular complexity index is 358. The van der Waals surface area contributed by atoms with Gasteiger partial charge in [0, 0.05) is 19.1 Å². The lowest BCUT2D eigenvalue weighted by atomic mass is 9.99.